The van der Waals surface area contributed by atoms with Crippen molar-refractivity contribution in [1.82, 2.24) is 15.3 Å². The molecule has 0 unspecified atom stereocenters. The maximum absolute atomic E-state index is 13.1. The number of carbonyl (C=O) groups excluding carboxylic acids is 5. The van der Waals surface area contributed by atoms with Gasteiger partial charge in [0.2, 0.25) is 0 Å². The third-order valence-corrected chi connectivity index (χ3v) is 7.91. The Hall–Kier alpha value is -3.25. The zero-order chi connectivity index (χ0) is 32.3. The molecule has 0 amide bonds. The number of aliphatic imine (C=N–C) groups is 1. The minimum Gasteiger partial charge on any atom is -0.370 e. The highest BCUT2D eigenvalue weighted by molar-refractivity contribution is 5.94. The molecule has 1 aromatic rings. The highest BCUT2D eigenvalue weighted by atomic mass is 16.1. The van der Waals surface area contributed by atoms with Gasteiger partial charge in [-0.2, -0.15) is 0 Å². The summed E-state index contributed by atoms with van der Waals surface area (Å²) in [6.45, 7) is 12.1. The Labute approximate surface area is 249 Å². The number of hydrogen-bond acceptors (Lipinski definition) is 9. The Morgan fingerprint density at radius 1 is 1.00 bits per heavy atom. The molecule has 236 valence electrons. The molecule has 42 heavy (non-hydrogen) atoms. The molecule has 0 aromatic carbocycles. The number of nitrogens with zero attached hydrogens (tertiary/aromatic N) is 2. The second-order valence-electron chi connectivity index (χ2n) is 13.0. The molecule has 0 spiro atoms. The molecule has 0 saturated carbocycles. The van der Waals surface area contributed by atoms with Gasteiger partial charge in [-0.3, -0.25) is 34.3 Å². The van der Waals surface area contributed by atoms with E-state index in [4.69, 9.17) is 17.2 Å². The lowest BCUT2D eigenvalue weighted by molar-refractivity contribution is -0.134. The Balaban J connectivity index is 2.63. The molecular formula is C30H51N7O5. The van der Waals surface area contributed by atoms with Crippen LogP contribution in [0.3, 0.4) is 0 Å². The molecule has 12 nitrogen and oxygen atoms in total. The van der Waals surface area contributed by atoms with Crippen molar-refractivity contribution in [3.63, 3.8) is 0 Å². The lowest BCUT2D eigenvalue weighted by atomic mass is 9.75. The van der Waals surface area contributed by atoms with Gasteiger partial charge in [0.1, 0.15) is 11.6 Å². The van der Waals surface area contributed by atoms with Gasteiger partial charge < -0.3 is 22.2 Å². The molecule has 12 heteroatoms. The van der Waals surface area contributed by atoms with E-state index in [0.29, 0.717) is 32.2 Å². The maximum atomic E-state index is 13.1. The lowest BCUT2D eigenvalue weighted by Gasteiger charge is -2.30. The first-order valence-electron chi connectivity index (χ1n) is 14.4. The standard InChI is InChI=1S/C30H51N7O5/c1-19(38)20(9-8-12-35-27(32)33)13-25(41)30(6,7)37-17-26(42)28(2,3)11-10-24(40)29(4,5)15-23(39)22(31)14-21-16-34-18-36-21/h16,18,20,22,37H,8-15,17,31H2,1-7H3,(H,34,36)(H4,32,33,35)/t20-,22+/m1/s1. The van der Waals surface area contributed by atoms with Crippen molar-refractivity contribution in [1.29, 1.82) is 0 Å². The molecule has 0 bridgehead atoms. The largest absolute Gasteiger partial charge is 0.370 e. The lowest BCUT2D eigenvalue weighted by Crippen LogP contribution is -2.51. The fourth-order valence-electron chi connectivity index (χ4n) is 4.43. The van der Waals surface area contributed by atoms with Crippen LogP contribution in [0.2, 0.25) is 0 Å². The van der Waals surface area contributed by atoms with Crippen molar-refractivity contribution in [3.05, 3.63) is 18.2 Å². The summed E-state index contributed by atoms with van der Waals surface area (Å²) in [6.07, 6.45) is 4.94. The summed E-state index contributed by atoms with van der Waals surface area (Å²) in [5.74, 6) is -1.22. The molecule has 1 heterocycles. The summed E-state index contributed by atoms with van der Waals surface area (Å²) < 4.78 is 0. The number of ketones is 5. The van der Waals surface area contributed by atoms with E-state index in [0.717, 1.165) is 5.69 Å². The number of imidazole rings is 1. The van der Waals surface area contributed by atoms with Crippen LogP contribution in [0.1, 0.15) is 92.7 Å². The quantitative estimate of drug-likeness (QED) is 0.0795. The van der Waals surface area contributed by atoms with Crippen LogP contribution in [-0.2, 0) is 30.4 Å². The second kappa shape index (κ2) is 15.8. The van der Waals surface area contributed by atoms with Crippen molar-refractivity contribution >= 4 is 34.9 Å². The Kier molecular flexibility index (Phi) is 13.9. The first kappa shape index (κ1) is 36.8. The molecule has 0 saturated heterocycles. The summed E-state index contributed by atoms with van der Waals surface area (Å²) in [5.41, 5.74) is 14.7. The van der Waals surface area contributed by atoms with Gasteiger partial charge in [-0.25, -0.2) is 4.98 Å². The van der Waals surface area contributed by atoms with E-state index >= 15 is 0 Å². The van der Waals surface area contributed by atoms with E-state index < -0.39 is 28.3 Å². The van der Waals surface area contributed by atoms with Crippen molar-refractivity contribution < 1.29 is 24.0 Å². The Morgan fingerprint density at radius 3 is 2.19 bits per heavy atom. The van der Waals surface area contributed by atoms with E-state index in [1.807, 2.05) is 0 Å². The topological polar surface area (TPSA) is 216 Å². The number of hydrogen-bond donors (Lipinski definition) is 5. The summed E-state index contributed by atoms with van der Waals surface area (Å²) in [7, 11) is 0. The van der Waals surface area contributed by atoms with Crippen molar-refractivity contribution in [3.8, 4) is 0 Å². The highest BCUT2D eigenvalue weighted by Gasteiger charge is 2.36. The summed E-state index contributed by atoms with van der Waals surface area (Å²) >= 11 is 0. The minimum atomic E-state index is -1.04. The van der Waals surface area contributed by atoms with Gasteiger partial charge in [-0.1, -0.05) is 27.7 Å². The Bertz CT molecular complexity index is 1120. The minimum absolute atomic E-state index is 0.00289. The summed E-state index contributed by atoms with van der Waals surface area (Å²) in [4.78, 5) is 74.8. The number of nitrogens with one attached hydrogen (secondary N) is 2. The fourth-order valence-corrected chi connectivity index (χ4v) is 4.43. The third-order valence-electron chi connectivity index (χ3n) is 7.91. The SMILES string of the molecule is CC(=O)[C@H](CCCN=C(N)N)CC(=O)C(C)(C)NCC(=O)C(C)(C)CCC(=O)C(C)(C)CC(=O)[C@@H](N)Cc1cnc[nH]1. The number of carbonyl (C=O) groups is 5. The molecular weight excluding hydrogens is 538 g/mol. The van der Waals surface area contributed by atoms with Crippen LogP contribution in [0, 0.1) is 16.7 Å². The van der Waals surface area contributed by atoms with Crippen molar-refractivity contribution in [2.45, 2.75) is 105 Å². The maximum Gasteiger partial charge on any atom is 0.185 e. The van der Waals surface area contributed by atoms with Crippen molar-refractivity contribution in [2.75, 3.05) is 13.1 Å². The first-order chi connectivity index (χ1) is 19.3. The predicted octanol–water partition coefficient (Wildman–Crippen LogP) is 1.80. The molecule has 0 aliphatic heterocycles. The van der Waals surface area contributed by atoms with Gasteiger partial charge >= 0.3 is 0 Å². The summed E-state index contributed by atoms with van der Waals surface area (Å²) in [6, 6.07) is -0.747. The second-order valence-corrected chi connectivity index (χ2v) is 13.0. The third kappa shape index (κ3) is 12.3. The predicted molar refractivity (Wildman–Crippen MR) is 162 cm³/mol. The highest BCUT2D eigenvalue weighted by Crippen LogP contribution is 2.30. The zero-order valence-electron chi connectivity index (χ0n) is 26.3. The van der Waals surface area contributed by atoms with Gasteiger partial charge in [0.15, 0.2) is 23.3 Å². The number of H-pyrrole nitrogens is 1. The van der Waals surface area contributed by atoms with Crippen LogP contribution < -0.4 is 22.5 Å². The monoisotopic (exact) mass is 589 g/mol. The van der Waals surface area contributed by atoms with Crippen LogP contribution in [-0.4, -0.2) is 69.5 Å². The number of aromatic amines is 1. The average molecular weight is 590 g/mol. The van der Waals surface area contributed by atoms with Crippen molar-refractivity contribution in [2.24, 2.45) is 38.9 Å². The average Bonchev–Trinajstić information content (AvgIpc) is 3.39. The van der Waals surface area contributed by atoms with Gasteiger partial charge in [0.05, 0.1) is 24.5 Å². The fraction of sp³-hybridized carbons (Fsp3) is 0.700. The van der Waals surface area contributed by atoms with Crippen LogP contribution in [0.5, 0.6) is 0 Å². The number of rotatable bonds is 21. The smallest absolute Gasteiger partial charge is 0.185 e. The molecule has 8 N–H and O–H groups in total. The van der Waals surface area contributed by atoms with Gasteiger partial charge in [0.25, 0.3) is 0 Å². The van der Waals surface area contributed by atoms with Crippen LogP contribution >= 0.6 is 0 Å². The van der Waals surface area contributed by atoms with Gasteiger partial charge in [-0.15, -0.1) is 0 Å². The zero-order valence-corrected chi connectivity index (χ0v) is 26.3. The van der Waals surface area contributed by atoms with Gasteiger partial charge in [-0.05, 0) is 40.0 Å². The molecule has 0 fully saturated rings. The Morgan fingerprint density at radius 2 is 1.64 bits per heavy atom. The van der Waals surface area contributed by atoms with Crippen LogP contribution in [0.15, 0.2) is 17.5 Å². The normalized spacial score (nSPS) is 13.7. The number of nitrogens with two attached hydrogens (primary N) is 3. The number of guanidine groups is 1. The molecule has 1 aromatic heterocycles. The van der Waals surface area contributed by atoms with E-state index in [2.05, 4.69) is 20.3 Å². The summed E-state index contributed by atoms with van der Waals surface area (Å²) in [5, 5.41) is 3.05. The van der Waals surface area contributed by atoms with E-state index in [9.17, 15) is 24.0 Å². The number of Topliss-reactive ketones (excluding diaryl/α,β-unsaturated/α-hetero) is 5. The molecule has 1 rings (SSSR count). The molecule has 0 aliphatic rings. The molecule has 0 aliphatic carbocycles. The van der Waals surface area contributed by atoms with E-state index in [-0.39, 0.29) is 60.7 Å². The van der Waals surface area contributed by atoms with Crippen LogP contribution in [0.4, 0.5) is 0 Å². The molecule has 2 atom stereocenters. The van der Waals surface area contributed by atoms with Crippen LogP contribution in [0.25, 0.3) is 0 Å². The van der Waals surface area contributed by atoms with E-state index in [1.54, 1.807) is 47.7 Å². The molecule has 0 radical (unpaired) electrons. The van der Waals surface area contributed by atoms with Gasteiger partial charge in [0, 0.05) is 60.9 Å². The van der Waals surface area contributed by atoms with E-state index in [1.165, 1.54) is 13.3 Å². The first-order valence-corrected chi connectivity index (χ1v) is 14.4. The number of aromatic nitrogens is 2.